The van der Waals surface area contributed by atoms with E-state index in [-0.39, 0.29) is 12.2 Å². The number of aryl methyl sites for hydroxylation is 1. The largest absolute Gasteiger partial charge is 0.294 e. The average molecular weight is 385 g/mol. The predicted molar refractivity (Wildman–Crippen MR) is 109 cm³/mol. The van der Waals surface area contributed by atoms with Crippen LogP contribution in [0.4, 0.5) is 0 Å². The maximum atomic E-state index is 13.0. The molecule has 0 saturated carbocycles. The van der Waals surface area contributed by atoms with Crippen molar-refractivity contribution in [2.45, 2.75) is 13.3 Å². The van der Waals surface area contributed by atoms with Crippen molar-refractivity contribution in [3.63, 3.8) is 0 Å². The second-order valence-electron chi connectivity index (χ2n) is 6.56. The molecule has 4 heterocycles. The van der Waals surface area contributed by atoms with Crippen LogP contribution in [0.5, 0.6) is 0 Å². The van der Waals surface area contributed by atoms with Crippen molar-refractivity contribution < 1.29 is 4.79 Å². The van der Waals surface area contributed by atoms with E-state index in [1.807, 2.05) is 48.8 Å². The number of nitrogens with zero attached hydrogens (tertiary/aromatic N) is 5. The van der Waals surface area contributed by atoms with Gasteiger partial charge in [-0.15, -0.1) is 11.3 Å². The number of Topliss-reactive ketones (excluding diaryl/α,β-unsaturated/α-hetero) is 1. The molecule has 0 N–H and O–H groups in total. The molecule has 0 aliphatic rings. The third kappa shape index (κ3) is 2.95. The predicted octanol–water partition coefficient (Wildman–Crippen LogP) is 4.13. The Kier molecular flexibility index (Phi) is 3.95. The maximum Gasteiger partial charge on any atom is 0.173 e. The molecule has 1 aromatic carbocycles. The van der Waals surface area contributed by atoms with Gasteiger partial charge in [-0.25, -0.2) is 14.5 Å². The molecule has 28 heavy (non-hydrogen) atoms. The number of rotatable bonds is 4. The molecular formula is C21H15N5OS. The maximum absolute atomic E-state index is 13.0. The summed E-state index contributed by atoms with van der Waals surface area (Å²) in [7, 11) is 0. The zero-order chi connectivity index (χ0) is 19.1. The van der Waals surface area contributed by atoms with Crippen molar-refractivity contribution in [2.24, 2.45) is 0 Å². The Bertz CT molecular complexity index is 1340. The van der Waals surface area contributed by atoms with Crippen LogP contribution in [-0.2, 0) is 6.42 Å². The van der Waals surface area contributed by atoms with Crippen molar-refractivity contribution in [1.29, 1.82) is 0 Å². The lowest BCUT2D eigenvalue weighted by Gasteiger charge is -2.08. The minimum atomic E-state index is -0.0170. The monoisotopic (exact) mass is 385 g/mol. The number of aromatic nitrogens is 5. The molecule has 0 unspecified atom stereocenters. The van der Waals surface area contributed by atoms with E-state index in [1.165, 1.54) is 17.7 Å². The second kappa shape index (κ2) is 6.61. The van der Waals surface area contributed by atoms with E-state index in [4.69, 9.17) is 0 Å². The minimum Gasteiger partial charge on any atom is -0.294 e. The minimum absolute atomic E-state index is 0.0170. The summed E-state index contributed by atoms with van der Waals surface area (Å²) in [6.07, 6.45) is 5.39. The Balaban J connectivity index is 1.61. The fourth-order valence-electron chi connectivity index (χ4n) is 3.26. The van der Waals surface area contributed by atoms with Gasteiger partial charge >= 0.3 is 0 Å². The summed E-state index contributed by atoms with van der Waals surface area (Å²) in [5.41, 5.74) is 4.88. The summed E-state index contributed by atoms with van der Waals surface area (Å²) < 4.78 is 1.66. The third-order valence-corrected chi connectivity index (χ3v) is 5.56. The Morgan fingerprint density at radius 1 is 1.14 bits per heavy atom. The Labute approximate surface area is 164 Å². The number of hydrogen-bond acceptors (Lipinski definition) is 6. The summed E-state index contributed by atoms with van der Waals surface area (Å²) in [4.78, 5) is 26.1. The zero-order valence-electron chi connectivity index (χ0n) is 15.0. The number of carbonyl (C=O) groups is 1. The zero-order valence-corrected chi connectivity index (χ0v) is 15.8. The molecule has 0 atom stereocenters. The van der Waals surface area contributed by atoms with Gasteiger partial charge in [0.05, 0.1) is 17.5 Å². The lowest BCUT2D eigenvalue weighted by Crippen LogP contribution is -2.07. The van der Waals surface area contributed by atoms with Crippen LogP contribution >= 0.6 is 11.3 Å². The van der Waals surface area contributed by atoms with Crippen LogP contribution in [0.1, 0.15) is 21.1 Å². The standard InChI is InChI=1S/C21H15N5OS/c1-13-11-28-20(25-13)9-19(27)17-8-16(10-26-21(17)23-12-24-26)14-4-5-18-15(7-14)3-2-6-22-18/h2-8,10-12H,9H2,1H3. The summed E-state index contributed by atoms with van der Waals surface area (Å²) in [5.74, 6) is -0.0170. The van der Waals surface area contributed by atoms with Gasteiger partial charge in [-0.1, -0.05) is 12.1 Å². The van der Waals surface area contributed by atoms with Gasteiger partial charge in [-0.05, 0) is 36.8 Å². The molecule has 0 amide bonds. The van der Waals surface area contributed by atoms with Gasteiger partial charge in [0.2, 0.25) is 0 Å². The number of ketones is 1. The lowest BCUT2D eigenvalue weighted by molar-refractivity contribution is 0.0994. The van der Waals surface area contributed by atoms with E-state index >= 15 is 0 Å². The van der Waals surface area contributed by atoms with E-state index in [0.29, 0.717) is 11.2 Å². The first-order chi connectivity index (χ1) is 13.7. The Morgan fingerprint density at radius 3 is 2.93 bits per heavy atom. The molecule has 0 saturated heterocycles. The van der Waals surface area contributed by atoms with Crippen LogP contribution < -0.4 is 0 Å². The molecule has 5 rings (SSSR count). The van der Waals surface area contributed by atoms with Crippen LogP contribution in [0.2, 0.25) is 0 Å². The lowest BCUT2D eigenvalue weighted by atomic mass is 10.0. The average Bonchev–Trinajstić information content (AvgIpc) is 3.35. The fraction of sp³-hybridized carbons (Fsp3) is 0.0952. The van der Waals surface area contributed by atoms with Gasteiger partial charge in [-0.3, -0.25) is 9.78 Å². The van der Waals surface area contributed by atoms with Gasteiger partial charge in [0.15, 0.2) is 11.4 Å². The highest BCUT2D eigenvalue weighted by molar-refractivity contribution is 7.09. The van der Waals surface area contributed by atoms with Crippen LogP contribution in [0.15, 0.2) is 60.5 Å². The molecule has 4 aromatic heterocycles. The summed E-state index contributed by atoms with van der Waals surface area (Å²) >= 11 is 1.50. The molecule has 0 bridgehead atoms. The first-order valence-electron chi connectivity index (χ1n) is 8.80. The van der Waals surface area contributed by atoms with Crippen molar-refractivity contribution >= 4 is 33.7 Å². The highest BCUT2D eigenvalue weighted by Gasteiger charge is 2.17. The van der Waals surface area contributed by atoms with Gasteiger partial charge < -0.3 is 0 Å². The number of hydrogen-bond donors (Lipinski definition) is 0. The second-order valence-corrected chi connectivity index (χ2v) is 7.51. The van der Waals surface area contributed by atoms with Crippen molar-refractivity contribution in [3.05, 3.63) is 76.8 Å². The first kappa shape index (κ1) is 16.7. The van der Waals surface area contributed by atoms with Crippen LogP contribution in [0.25, 0.3) is 27.7 Å². The first-order valence-corrected chi connectivity index (χ1v) is 9.68. The normalized spacial score (nSPS) is 11.3. The molecule has 7 heteroatoms. The highest BCUT2D eigenvalue weighted by Crippen LogP contribution is 2.26. The molecule has 0 radical (unpaired) electrons. The molecule has 6 nitrogen and oxygen atoms in total. The van der Waals surface area contributed by atoms with Crippen molar-refractivity contribution in [2.75, 3.05) is 0 Å². The van der Waals surface area contributed by atoms with Crippen LogP contribution in [0.3, 0.4) is 0 Å². The third-order valence-electron chi connectivity index (χ3n) is 4.59. The molecule has 0 spiro atoms. The Morgan fingerprint density at radius 2 is 2.07 bits per heavy atom. The SMILES string of the molecule is Cc1csc(CC(=O)c2cc(-c3ccc4ncccc4c3)cn3ncnc23)n1. The van der Waals surface area contributed by atoms with Gasteiger partial charge in [0.25, 0.3) is 0 Å². The number of benzene rings is 1. The van der Waals surface area contributed by atoms with Crippen molar-refractivity contribution in [3.8, 4) is 11.1 Å². The van der Waals surface area contributed by atoms with Crippen LogP contribution in [-0.4, -0.2) is 30.3 Å². The summed E-state index contributed by atoms with van der Waals surface area (Å²) in [6, 6.07) is 11.9. The number of pyridine rings is 2. The molecule has 5 aromatic rings. The van der Waals surface area contributed by atoms with E-state index in [0.717, 1.165) is 32.7 Å². The summed E-state index contributed by atoms with van der Waals surface area (Å²) in [5, 5.41) is 8.06. The van der Waals surface area contributed by atoms with Crippen molar-refractivity contribution in [1.82, 2.24) is 24.6 Å². The topological polar surface area (TPSA) is 73.0 Å². The molecule has 0 fully saturated rings. The number of carbonyl (C=O) groups excluding carboxylic acids is 1. The van der Waals surface area contributed by atoms with Gasteiger partial charge in [0, 0.05) is 34.4 Å². The molecule has 0 aliphatic heterocycles. The van der Waals surface area contributed by atoms with E-state index < -0.39 is 0 Å². The van der Waals surface area contributed by atoms with E-state index in [9.17, 15) is 4.79 Å². The fourth-order valence-corrected chi connectivity index (χ4v) is 4.03. The number of thiazole rings is 1. The van der Waals surface area contributed by atoms with Gasteiger partial charge in [0.1, 0.15) is 11.3 Å². The molecule has 136 valence electrons. The smallest absolute Gasteiger partial charge is 0.173 e. The van der Waals surface area contributed by atoms with Gasteiger partial charge in [-0.2, -0.15) is 5.10 Å². The Hall–Kier alpha value is -3.45. The molecule has 0 aliphatic carbocycles. The van der Waals surface area contributed by atoms with Crippen LogP contribution in [0, 0.1) is 6.92 Å². The summed E-state index contributed by atoms with van der Waals surface area (Å²) in [6.45, 7) is 1.93. The number of fused-ring (bicyclic) bond motifs is 2. The quantitative estimate of drug-likeness (QED) is 0.435. The van der Waals surface area contributed by atoms with E-state index in [2.05, 4.69) is 26.1 Å². The highest BCUT2D eigenvalue weighted by atomic mass is 32.1. The molecular weight excluding hydrogens is 370 g/mol. The van der Waals surface area contributed by atoms with E-state index in [1.54, 1.807) is 10.7 Å².